The maximum atomic E-state index is 12.4. The average Bonchev–Trinajstić information content (AvgIpc) is 3.34. The van der Waals surface area contributed by atoms with E-state index in [1.54, 1.807) is 6.07 Å². The van der Waals surface area contributed by atoms with Gasteiger partial charge in [0.2, 0.25) is 0 Å². The molecule has 0 radical (unpaired) electrons. The molecule has 7 heteroatoms. The largest absolute Gasteiger partial charge is 0.504 e. The van der Waals surface area contributed by atoms with Crippen LogP contribution in [0, 0.1) is 5.92 Å². The summed E-state index contributed by atoms with van der Waals surface area (Å²) >= 11 is 0. The Kier molecular flexibility index (Phi) is 4.53. The van der Waals surface area contributed by atoms with Gasteiger partial charge in [-0.05, 0) is 25.5 Å². The van der Waals surface area contributed by atoms with Gasteiger partial charge >= 0.3 is 5.97 Å². The zero-order chi connectivity index (χ0) is 17.3. The smallest absolute Gasteiger partial charge is 0.339 e. The van der Waals surface area contributed by atoms with Crippen molar-refractivity contribution in [1.82, 2.24) is 0 Å². The number of amidine groups is 1. The first-order valence-electron chi connectivity index (χ1n) is 7.75. The van der Waals surface area contributed by atoms with Crippen LogP contribution in [0.1, 0.15) is 29.3 Å². The number of methoxy groups -OCH3 is 2. The zero-order valence-electron chi connectivity index (χ0n) is 13.9. The first kappa shape index (κ1) is 16.4. The monoisotopic (exact) mass is 332 g/mol. The molecule has 0 spiro atoms. The number of fused-ring (bicyclic) bond motifs is 1. The van der Waals surface area contributed by atoms with Crippen molar-refractivity contribution in [2.45, 2.75) is 19.4 Å². The van der Waals surface area contributed by atoms with Crippen molar-refractivity contribution in [2.24, 2.45) is 15.9 Å². The molecule has 0 saturated heterocycles. The van der Waals surface area contributed by atoms with Gasteiger partial charge in [0.05, 0.1) is 25.3 Å². The first-order chi connectivity index (χ1) is 11.5. The summed E-state index contributed by atoms with van der Waals surface area (Å²) in [7, 11) is 2.97. The molecule has 1 saturated carbocycles. The second kappa shape index (κ2) is 6.60. The van der Waals surface area contributed by atoms with Crippen LogP contribution in [0.4, 0.5) is 0 Å². The van der Waals surface area contributed by atoms with E-state index >= 15 is 0 Å². The quantitative estimate of drug-likeness (QED) is 0.634. The Bertz CT molecular complexity index is 726. The Hall–Kier alpha value is -2.41. The lowest BCUT2D eigenvalue weighted by Crippen LogP contribution is -2.17. The highest BCUT2D eigenvalue weighted by Crippen LogP contribution is 2.39. The Morgan fingerprint density at radius 3 is 2.79 bits per heavy atom. The number of hydrogen-bond donors (Lipinski definition) is 1. The molecule has 0 amide bonds. The lowest BCUT2D eigenvalue weighted by atomic mass is 10.0. The van der Waals surface area contributed by atoms with E-state index in [0.717, 1.165) is 12.1 Å². The van der Waals surface area contributed by atoms with Crippen LogP contribution in [0.5, 0.6) is 11.5 Å². The van der Waals surface area contributed by atoms with E-state index in [9.17, 15) is 9.90 Å². The molecule has 2 atom stereocenters. The van der Waals surface area contributed by atoms with Gasteiger partial charge < -0.3 is 19.3 Å². The van der Waals surface area contributed by atoms with Crippen molar-refractivity contribution in [3.05, 3.63) is 23.3 Å². The van der Waals surface area contributed by atoms with Gasteiger partial charge in [-0.1, -0.05) is 0 Å². The molecule has 1 N–H and O–H groups in total. The number of aromatic hydroxyl groups is 1. The van der Waals surface area contributed by atoms with Crippen molar-refractivity contribution in [3.63, 3.8) is 0 Å². The summed E-state index contributed by atoms with van der Waals surface area (Å²) in [5.74, 6) is 0.454. The SMILES string of the molecule is COCCOC(=O)c1cc(O)c(OC)cc1C1=NC2CC2C(C)=N1. The third-order valence-electron chi connectivity index (χ3n) is 4.16. The highest BCUT2D eigenvalue weighted by atomic mass is 16.6. The topological polar surface area (TPSA) is 89.7 Å². The molecular weight excluding hydrogens is 312 g/mol. The van der Waals surface area contributed by atoms with Crippen molar-refractivity contribution >= 4 is 17.5 Å². The summed E-state index contributed by atoms with van der Waals surface area (Å²) in [6, 6.07) is 3.13. The fraction of sp³-hybridized carbons (Fsp3) is 0.471. The van der Waals surface area contributed by atoms with Crippen LogP contribution in [0.25, 0.3) is 0 Å². The van der Waals surface area contributed by atoms with E-state index < -0.39 is 5.97 Å². The predicted octanol–water partition coefficient (Wildman–Crippen LogP) is 1.81. The molecule has 7 nitrogen and oxygen atoms in total. The number of phenolic OH excluding ortho intramolecular Hbond substituents is 1. The number of esters is 1. The average molecular weight is 332 g/mol. The van der Waals surface area contributed by atoms with Crippen LogP contribution in [-0.2, 0) is 9.47 Å². The Labute approximate surface area is 140 Å². The van der Waals surface area contributed by atoms with Crippen molar-refractivity contribution in [1.29, 1.82) is 0 Å². The summed E-state index contributed by atoms with van der Waals surface area (Å²) in [4.78, 5) is 21.5. The lowest BCUT2D eigenvalue weighted by molar-refractivity contribution is 0.0387. The number of benzene rings is 1. The molecule has 0 aromatic heterocycles. The number of ether oxygens (including phenoxy) is 3. The van der Waals surface area contributed by atoms with Crippen molar-refractivity contribution < 1.29 is 24.1 Å². The second-order valence-electron chi connectivity index (χ2n) is 5.81. The summed E-state index contributed by atoms with van der Waals surface area (Å²) in [6.07, 6.45) is 0.988. The molecule has 3 rings (SSSR count). The fourth-order valence-corrected chi connectivity index (χ4v) is 2.72. The number of hydrogen-bond acceptors (Lipinski definition) is 7. The Morgan fingerprint density at radius 1 is 1.33 bits per heavy atom. The minimum atomic E-state index is -0.562. The number of aliphatic imine (C=N–C) groups is 2. The number of rotatable bonds is 6. The van der Waals surface area contributed by atoms with Gasteiger partial charge in [-0.25, -0.2) is 9.79 Å². The van der Waals surface area contributed by atoms with Gasteiger partial charge in [-0.3, -0.25) is 4.99 Å². The van der Waals surface area contributed by atoms with Crippen LogP contribution in [0.2, 0.25) is 0 Å². The van der Waals surface area contributed by atoms with Crippen LogP contribution in [0.3, 0.4) is 0 Å². The molecule has 24 heavy (non-hydrogen) atoms. The molecule has 128 valence electrons. The summed E-state index contributed by atoms with van der Waals surface area (Å²) in [6.45, 7) is 2.39. The molecule has 1 heterocycles. The lowest BCUT2D eigenvalue weighted by Gasteiger charge is -2.15. The molecular formula is C17H20N2O5. The molecule has 1 aliphatic carbocycles. The van der Waals surface area contributed by atoms with E-state index in [2.05, 4.69) is 9.98 Å². The summed E-state index contributed by atoms with van der Waals surface area (Å²) in [5.41, 5.74) is 1.71. The zero-order valence-corrected chi connectivity index (χ0v) is 13.9. The molecule has 2 unspecified atom stereocenters. The second-order valence-corrected chi connectivity index (χ2v) is 5.81. The summed E-state index contributed by atoms with van der Waals surface area (Å²) < 4.78 is 15.2. The van der Waals surface area contributed by atoms with Gasteiger partial charge in [-0.15, -0.1) is 0 Å². The van der Waals surface area contributed by atoms with Crippen LogP contribution >= 0.6 is 0 Å². The minimum absolute atomic E-state index is 0.126. The maximum Gasteiger partial charge on any atom is 0.339 e. The third kappa shape index (κ3) is 3.12. The maximum absolute atomic E-state index is 12.4. The van der Waals surface area contributed by atoms with E-state index in [1.807, 2.05) is 6.92 Å². The van der Waals surface area contributed by atoms with Gasteiger partial charge in [0.15, 0.2) is 17.3 Å². The fourth-order valence-electron chi connectivity index (χ4n) is 2.72. The van der Waals surface area contributed by atoms with Gasteiger partial charge in [0.25, 0.3) is 0 Å². The van der Waals surface area contributed by atoms with E-state index in [1.165, 1.54) is 20.3 Å². The van der Waals surface area contributed by atoms with Gasteiger partial charge in [-0.2, -0.15) is 0 Å². The summed E-state index contributed by atoms with van der Waals surface area (Å²) in [5, 5.41) is 10.0. The number of carbonyl (C=O) groups is 1. The highest BCUT2D eigenvalue weighted by Gasteiger charge is 2.42. The number of nitrogens with zero attached hydrogens (tertiary/aromatic N) is 2. The molecule has 1 aromatic carbocycles. The first-order valence-corrected chi connectivity index (χ1v) is 7.75. The minimum Gasteiger partial charge on any atom is -0.504 e. The third-order valence-corrected chi connectivity index (χ3v) is 4.16. The number of phenols is 1. The van der Waals surface area contributed by atoms with Gasteiger partial charge in [0, 0.05) is 24.3 Å². The molecule has 2 aliphatic rings. The highest BCUT2D eigenvalue weighted by molar-refractivity contribution is 6.14. The molecule has 1 aliphatic heterocycles. The van der Waals surface area contributed by atoms with E-state index in [0.29, 0.717) is 23.9 Å². The predicted molar refractivity (Wildman–Crippen MR) is 88.4 cm³/mol. The van der Waals surface area contributed by atoms with Crippen LogP contribution in [-0.4, -0.2) is 56.1 Å². The van der Waals surface area contributed by atoms with E-state index in [4.69, 9.17) is 14.2 Å². The number of carbonyl (C=O) groups excluding carboxylic acids is 1. The van der Waals surface area contributed by atoms with Crippen LogP contribution < -0.4 is 4.74 Å². The molecule has 1 fully saturated rings. The molecule has 1 aromatic rings. The van der Waals surface area contributed by atoms with E-state index in [-0.39, 0.29) is 29.7 Å². The van der Waals surface area contributed by atoms with Gasteiger partial charge in [0.1, 0.15) is 6.61 Å². The standard InChI is InChI=1S/C17H20N2O5/c1-9-10-6-13(10)19-16(18-9)11-8-15(23-3)14(20)7-12(11)17(21)24-5-4-22-2/h7-8,10,13,20H,4-6H2,1-3H3. The molecule has 0 bridgehead atoms. The van der Waals surface area contributed by atoms with Crippen LogP contribution in [0.15, 0.2) is 22.1 Å². The van der Waals surface area contributed by atoms with Crippen molar-refractivity contribution in [3.8, 4) is 11.5 Å². The Morgan fingerprint density at radius 2 is 2.12 bits per heavy atom. The Balaban J connectivity index is 1.98. The normalized spacial score (nSPS) is 21.5. The van der Waals surface area contributed by atoms with Crippen molar-refractivity contribution in [2.75, 3.05) is 27.4 Å².